The number of ether oxygens (including phenoxy) is 2. The van der Waals surface area contributed by atoms with E-state index in [0.29, 0.717) is 25.6 Å². The van der Waals surface area contributed by atoms with Gasteiger partial charge in [-0.05, 0) is 45.1 Å². The first-order chi connectivity index (χ1) is 12.5. The van der Waals surface area contributed by atoms with Crippen LogP contribution in [-0.4, -0.2) is 68.6 Å². The minimum Gasteiger partial charge on any atom is -0.383 e. The smallest absolute Gasteiger partial charge is 0.227 e. The third-order valence-corrected chi connectivity index (χ3v) is 6.86. The first kappa shape index (κ1) is 19.8. The molecule has 1 saturated heterocycles. The van der Waals surface area contributed by atoms with E-state index < -0.39 is 9.84 Å². The van der Waals surface area contributed by atoms with Gasteiger partial charge in [0.1, 0.15) is 0 Å². The zero-order valence-corrected chi connectivity index (χ0v) is 16.7. The lowest BCUT2D eigenvalue weighted by molar-refractivity contribution is -0.00294. The molecule has 3 rings (SSSR count). The molecule has 1 saturated carbocycles. The predicted molar refractivity (Wildman–Crippen MR) is 98.8 cm³/mol. The van der Waals surface area contributed by atoms with Crippen LogP contribution in [0.3, 0.4) is 0 Å². The summed E-state index contributed by atoms with van der Waals surface area (Å²) in [7, 11) is 0.325. The molecule has 0 radical (unpaired) electrons. The van der Waals surface area contributed by atoms with Crippen LogP contribution in [0.25, 0.3) is 0 Å². The summed E-state index contributed by atoms with van der Waals surface area (Å²) in [6.07, 6.45) is 7.44. The Kier molecular flexibility index (Phi) is 6.71. The quantitative estimate of drug-likeness (QED) is 0.610. The normalized spacial score (nSPS) is 21.4. The second kappa shape index (κ2) is 8.82. The van der Waals surface area contributed by atoms with Crippen LogP contribution in [0.15, 0.2) is 11.4 Å². The summed E-state index contributed by atoms with van der Waals surface area (Å²) in [5, 5.41) is 0.193. The number of imidazole rings is 1. The average Bonchev–Trinajstić information content (AvgIpc) is 3.31. The first-order valence-electron chi connectivity index (χ1n) is 9.56. The van der Waals surface area contributed by atoms with Gasteiger partial charge in [-0.15, -0.1) is 0 Å². The lowest BCUT2D eigenvalue weighted by atomic mass is 10.1. The molecule has 2 heterocycles. The molecule has 0 spiro atoms. The van der Waals surface area contributed by atoms with Crippen molar-refractivity contribution in [1.82, 2.24) is 14.5 Å². The second-order valence-corrected chi connectivity index (χ2v) is 9.51. The van der Waals surface area contributed by atoms with Crippen LogP contribution in [0.5, 0.6) is 0 Å². The molecule has 0 amide bonds. The molecule has 1 atom stereocenters. The van der Waals surface area contributed by atoms with E-state index in [2.05, 4.69) is 9.88 Å². The highest BCUT2D eigenvalue weighted by molar-refractivity contribution is 7.91. The summed E-state index contributed by atoms with van der Waals surface area (Å²) < 4.78 is 38.3. The molecule has 0 aromatic carbocycles. The summed E-state index contributed by atoms with van der Waals surface area (Å²) >= 11 is 0. The SMILES string of the molecule is COCCn1c(CN(C)C[C@H]2CCCCO2)cnc1S(=O)(=O)CC1CC1. The Morgan fingerprint density at radius 3 is 2.81 bits per heavy atom. The summed E-state index contributed by atoms with van der Waals surface area (Å²) in [6, 6.07) is 0. The molecule has 1 aromatic heterocycles. The molecule has 8 heteroatoms. The fraction of sp³-hybridized carbons (Fsp3) is 0.833. The molecule has 0 N–H and O–H groups in total. The Morgan fingerprint density at radius 1 is 1.35 bits per heavy atom. The number of rotatable bonds is 10. The molecule has 0 unspecified atom stereocenters. The number of aromatic nitrogens is 2. The molecule has 148 valence electrons. The third kappa shape index (κ3) is 5.28. The van der Waals surface area contributed by atoms with Crippen molar-refractivity contribution in [3.05, 3.63) is 11.9 Å². The van der Waals surface area contributed by atoms with E-state index >= 15 is 0 Å². The molecular weight excluding hydrogens is 354 g/mol. The highest BCUT2D eigenvalue weighted by Crippen LogP contribution is 2.32. The topological polar surface area (TPSA) is 73.7 Å². The number of nitrogens with zero attached hydrogens (tertiary/aromatic N) is 3. The van der Waals surface area contributed by atoms with Crippen LogP contribution < -0.4 is 0 Å². The standard InChI is InChI=1S/C18H31N3O4S/c1-20(13-17-5-3-4-9-25-17)12-16-11-19-18(21(16)8-10-24-2)26(22,23)14-15-6-7-15/h11,15,17H,3-10,12-14H2,1-2H3/t17-/m1/s1. The molecule has 1 aliphatic carbocycles. The molecule has 1 aliphatic heterocycles. The van der Waals surface area contributed by atoms with E-state index in [4.69, 9.17) is 9.47 Å². The third-order valence-electron chi connectivity index (χ3n) is 5.07. The predicted octanol–water partition coefficient (Wildman–Crippen LogP) is 1.71. The summed E-state index contributed by atoms with van der Waals surface area (Å²) in [5.41, 5.74) is 0.912. The average molecular weight is 386 g/mol. The monoisotopic (exact) mass is 385 g/mol. The number of hydrogen-bond donors (Lipinski definition) is 0. The van der Waals surface area contributed by atoms with Gasteiger partial charge in [0.05, 0.1) is 30.4 Å². The Labute approximate surface area is 156 Å². The number of methoxy groups -OCH3 is 1. The number of hydrogen-bond acceptors (Lipinski definition) is 6. The van der Waals surface area contributed by atoms with Crippen LogP contribution >= 0.6 is 0 Å². The molecule has 7 nitrogen and oxygen atoms in total. The van der Waals surface area contributed by atoms with Gasteiger partial charge in [-0.25, -0.2) is 13.4 Å². The Bertz CT molecular complexity index is 679. The van der Waals surface area contributed by atoms with Crippen LogP contribution in [0.2, 0.25) is 0 Å². The van der Waals surface area contributed by atoms with Crippen LogP contribution in [0.4, 0.5) is 0 Å². The van der Waals surface area contributed by atoms with Crippen molar-refractivity contribution in [3.63, 3.8) is 0 Å². The van der Waals surface area contributed by atoms with Gasteiger partial charge in [0.25, 0.3) is 0 Å². The van der Waals surface area contributed by atoms with E-state index in [1.165, 1.54) is 6.42 Å². The first-order valence-corrected chi connectivity index (χ1v) is 11.2. The van der Waals surface area contributed by atoms with E-state index in [-0.39, 0.29) is 17.0 Å². The van der Waals surface area contributed by atoms with Crippen molar-refractivity contribution in [2.75, 3.05) is 39.7 Å². The van der Waals surface area contributed by atoms with Crippen LogP contribution in [0.1, 0.15) is 37.8 Å². The van der Waals surface area contributed by atoms with Crippen LogP contribution in [0, 0.1) is 5.92 Å². The molecule has 1 aromatic rings. The number of sulfone groups is 1. The maximum Gasteiger partial charge on any atom is 0.227 e. The van der Waals surface area contributed by atoms with E-state index in [1.807, 2.05) is 11.6 Å². The molecule has 0 bridgehead atoms. The maximum absolute atomic E-state index is 12.7. The fourth-order valence-electron chi connectivity index (χ4n) is 3.50. The van der Waals surface area contributed by atoms with E-state index in [0.717, 1.165) is 44.5 Å². The highest BCUT2D eigenvalue weighted by atomic mass is 32.2. The van der Waals surface area contributed by atoms with Gasteiger partial charge < -0.3 is 14.0 Å². The highest BCUT2D eigenvalue weighted by Gasteiger charge is 2.32. The summed E-state index contributed by atoms with van der Waals surface area (Å²) in [5.74, 6) is 0.518. The fourth-order valence-corrected chi connectivity index (χ4v) is 5.36. The van der Waals surface area contributed by atoms with Crippen molar-refractivity contribution in [1.29, 1.82) is 0 Å². The van der Waals surface area contributed by atoms with Crippen molar-refractivity contribution >= 4 is 9.84 Å². The van der Waals surface area contributed by atoms with Crippen molar-refractivity contribution in [3.8, 4) is 0 Å². The zero-order chi connectivity index (χ0) is 18.6. The summed E-state index contributed by atoms with van der Waals surface area (Å²) in [6.45, 7) is 3.30. The van der Waals surface area contributed by atoms with Crippen molar-refractivity contribution in [2.45, 2.75) is 56.5 Å². The second-order valence-electron chi connectivity index (χ2n) is 7.59. The largest absolute Gasteiger partial charge is 0.383 e. The van der Waals surface area contributed by atoms with Gasteiger partial charge in [-0.1, -0.05) is 0 Å². The zero-order valence-electron chi connectivity index (χ0n) is 15.9. The molecule has 2 aliphatic rings. The van der Waals surface area contributed by atoms with E-state index in [9.17, 15) is 8.42 Å². The van der Waals surface area contributed by atoms with Gasteiger partial charge in [0, 0.05) is 33.4 Å². The van der Waals surface area contributed by atoms with Crippen molar-refractivity contribution in [2.24, 2.45) is 5.92 Å². The molecule has 26 heavy (non-hydrogen) atoms. The Morgan fingerprint density at radius 2 is 2.15 bits per heavy atom. The Balaban J connectivity index is 1.70. The lowest BCUT2D eigenvalue weighted by Crippen LogP contribution is -2.33. The number of likely N-dealkylation sites (N-methyl/N-ethyl adjacent to an activating group) is 1. The van der Waals surface area contributed by atoms with Crippen LogP contribution in [-0.2, 0) is 32.4 Å². The van der Waals surface area contributed by atoms with Crippen molar-refractivity contribution < 1.29 is 17.9 Å². The lowest BCUT2D eigenvalue weighted by Gasteiger charge is -2.27. The Hall–Kier alpha value is -0.960. The van der Waals surface area contributed by atoms with Gasteiger partial charge >= 0.3 is 0 Å². The maximum atomic E-state index is 12.7. The minimum atomic E-state index is -3.35. The molecule has 2 fully saturated rings. The minimum absolute atomic E-state index is 0.193. The molecular formula is C18H31N3O4S. The van der Waals surface area contributed by atoms with Gasteiger partial charge in [-0.2, -0.15) is 0 Å². The van der Waals surface area contributed by atoms with Gasteiger partial charge in [0.2, 0.25) is 15.0 Å². The van der Waals surface area contributed by atoms with Gasteiger partial charge in [-0.3, -0.25) is 4.90 Å². The van der Waals surface area contributed by atoms with Gasteiger partial charge in [0.15, 0.2) is 0 Å². The van der Waals surface area contributed by atoms with E-state index in [1.54, 1.807) is 13.3 Å². The summed E-state index contributed by atoms with van der Waals surface area (Å²) in [4.78, 5) is 6.47.